The summed E-state index contributed by atoms with van der Waals surface area (Å²) in [6.07, 6.45) is 4.54. The molecule has 1 saturated heterocycles. The van der Waals surface area contributed by atoms with Gasteiger partial charge in [0.2, 0.25) is 0 Å². The predicted molar refractivity (Wildman–Crippen MR) is 91.6 cm³/mol. The van der Waals surface area contributed by atoms with Crippen molar-refractivity contribution in [3.05, 3.63) is 53.9 Å². The number of carbonyl (C=O) groups excluding carboxylic acids is 1. The van der Waals surface area contributed by atoms with E-state index in [1.54, 1.807) is 24.3 Å². The maximum absolute atomic E-state index is 12.6. The van der Waals surface area contributed by atoms with Crippen molar-refractivity contribution < 1.29 is 13.2 Å². The van der Waals surface area contributed by atoms with Gasteiger partial charge in [0, 0.05) is 18.4 Å². The molecule has 2 aromatic rings. The van der Waals surface area contributed by atoms with Gasteiger partial charge in [-0.1, -0.05) is 17.7 Å². The number of benzene rings is 1. The summed E-state index contributed by atoms with van der Waals surface area (Å²) < 4.78 is 26.3. The first kappa shape index (κ1) is 16.7. The molecule has 2 heterocycles. The van der Waals surface area contributed by atoms with Crippen molar-refractivity contribution in [3.63, 3.8) is 0 Å². The van der Waals surface area contributed by atoms with Crippen molar-refractivity contribution in [2.24, 2.45) is 0 Å². The van der Waals surface area contributed by atoms with Crippen molar-refractivity contribution in [2.75, 3.05) is 13.1 Å². The molecule has 1 fully saturated rings. The van der Waals surface area contributed by atoms with Crippen LogP contribution in [-0.4, -0.2) is 37.4 Å². The smallest absolute Gasteiger partial charge is 0.267 e. The summed E-state index contributed by atoms with van der Waals surface area (Å²) in [5.41, 5.74) is 1.34. The fourth-order valence-corrected chi connectivity index (χ4v) is 3.92. The normalized spacial score (nSPS) is 16.0. The van der Waals surface area contributed by atoms with E-state index in [-0.39, 0.29) is 16.8 Å². The van der Waals surface area contributed by atoms with Crippen molar-refractivity contribution >= 4 is 15.9 Å². The van der Waals surface area contributed by atoms with Crippen LogP contribution < -0.4 is 10.6 Å². The van der Waals surface area contributed by atoms with Gasteiger partial charge in [-0.3, -0.25) is 4.79 Å². The number of piperidine rings is 1. The molecule has 0 unspecified atom stereocenters. The Morgan fingerprint density at radius 3 is 2.50 bits per heavy atom. The molecule has 0 saturated carbocycles. The molecule has 2 N–H and O–H groups in total. The maximum Gasteiger partial charge on any atom is 0.267 e. The highest BCUT2D eigenvalue weighted by Crippen LogP contribution is 2.16. The average molecular weight is 347 g/mol. The van der Waals surface area contributed by atoms with Gasteiger partial charge in [-0.15, -0.1) is 0 Å². The number of hydrogen-bond acceptors (Lipinski definition) is 4. The summed E-state index contributed by atoms with van der Waals surface area (Å²) in [6, 6.07) is 8.30. The van der Waals surface area contributed by atoms with E-state index in [2.05, 4.69) is 10.6 Å². The summed E-state index contributed by atoms with van der Waals surface area (Å²) in [5, 5.41) is 6.20. The Kier molecular flexibility index (Phi) is 4.73. The van der Waals surface area contributed by atoms with E-state index >= 15 is 0 Å². The second kappa shape index (κ2) is 6.78. The third kappa shape index (κ3) is 3.52. The minimum atomic E-state index is -3.67. The molecule has 24 heavy (non-hydrogen) atoms. The van der Waals surface area contributed by atoms with Crippen LogP contribution in [0.1, 0.15) is 28.8 Å². The lowest BCUT2D eigenvalue weighted by molar-refractivity contribution is 0.0929. The van der Waals surface area contributed by atoms with Crippen LogP contribution in [0.2, 0.25) is 0 Å². The number of amides is 1. The number of rotatable bonds is 4. The lowest BCUT2D eigenvalue weighted by Crippen LogP contribution is -2.42. The summed E-state index contributed by atoms with van der Waals surface area (Å²) >= 11 is 0. The number of carbonyl (C=O) groups is 1. The first-order valence-electron chi connectivity index (χ1n) is 7.98. The molecule has 0 bridgehead atoms. The van der Waals surface area contributed by atoms with Gasteiger partial charge in [-0.05, 0) is 51.1 Å². The molecule has 1 aromatic heterocycles. The van der Waals surface area contributed by atoms with Gasteiger partial charge in [0.25, 0.3) is 15.9 Å². The average Bonchev–Trinajstić information content (AvgIpc) is 3.07. The number of hydrogen-bond donors (Lipinski definition) is 2. The van der Waals surface area contributed by atoms with Crippen molar-refractivity contribution in [1.82, 2.24) is 14.6 Å². The molecule has 6 nitrogen and oxygen atoms in total. The van der Waals surface area contributed by atoms with Gasteiger partial charge in [-0.25, -0.2) is 12.4 Å². The molecule has 1 aliphatic rings. The van der Waals surface area contributed by atoms with Crippen LogP contribution in [-0.2, 0) is 10.0 Å². The Labute approximate surface area is 141 Å². The molecule has 0 radical (unpaired) electrons. The fraction of sp³-hybridized carbons (Fsp3) is 0.353. The standard InChI is InChI=1S/C17H21N3O3S/c1-13-2-4-16(5-3-13)24(22,23)20-11-8-14(12-20)17(21)19-15-6-9-18-10-7-15/h2-5,8,11-12,15,18H,6-7,9-10H2,1H3,(H,19,21). The molecular weight excluding hydrogens is 326 g/mol. The number of aryl methyl sites for hydroxylation is 1. The van der Waals surface area contributed by atoms with Gasteiger partial charge in [0.15, 0.2) is 0 Å². The molecule has 7 heteroatoms. The van der Waals surface area contributed by atoms with Crippen molar-refractivity contribution in [3.8, 4) is 0 Å². The van der Waals surface area contributed by atoms with E-state index in [4.69, 9.17) is 0 Å². The molecule has 0 atom stereocenters. The van der Waals surface area contributed by atoms with Crippen molar-refractivity contribution in [2.45, 2.75) is 30.7 Å². The molecule has 1 amide bonds. The fourth-order valence-electron chi connectivity index (χ4n) is 2.73. The second-order valence-corrected chi connectivity index (χ2v) is 7.89. The molecule has 3 rings (SSSR count). The number of aromatic nitrogens is 1. The highest BCUT2D eigenvalue weighted by molar-refractivity contribution is 7.90. The largest absolute Gasteiger partial charge is 0.349 e. The van der Waals surface area contributed by atoms with Gasteiger partial charge >= 0.3 is 0 Å². The van der Waals surface area contributed by atoms with Gasteiger partial charge < -0.3 is 10.6 Å². The molecule has 1 aliphatic heterocycles. The van der Waals surface area contributed by atoms with Crippen LogP contribution in [0.15, 0.2) is 47.6 Å². The van der Waals surface area contributed by atoms with E-state index in [1.165, 1.54) is 18.5 Å². The van der Waals surface area contributed by atoms with Crippen molar-refractivity contribution in [1.29, 1.82) is 0 Å². The Balaban J connectivity index is 1.76. The summed E-state index contributed by atoms with van der Waals surface area (Å²) in [5.74, 6) is -0.236. The summed E-state index contributed by atoms with van der Waals surface area (Å²) in [4.78, 5) is 12.5. The van der Waals surface area contributed by atoms with Crippen LogP contribution >= 0.6 is 0 Å². The van der Waals surface area contributed by atoms with E-state index in [9.17, 15) is 13.2 Å². The Hall–Kier alpha value is -2.12. The van der Waals surface area contributed by atoms with E-state index in [1.807, 2.05) is 6.92 Å². The number of nitrogens with one attached hydrogen (secondary N) is 2. The Bertz CT molecular complexity index is 819. The van der Waals surface area contributed by atoms with Crippen LogP contribution in [0.3, 0.4) is 0 Å². The quantitative estimate of drug-likeness (QED) is 0.879. The van der Waals surface area contributed by atoms with Gasteiger partial charge in [-0.2, -0.15) is 0 Å². The van der Waals surface area contributed by atoms with Crippen LogP contribution in [0.25, 0.3) is 0 Å². The van der Waals surface area contributed by atoms with E-state index in [0.717, 1.165) is 35.5 Å². The van der Waals surface area contributed by atoms with E-state index in [0.29, 0.717) is 5.56 Å². The summed E-state index contributed by atoms with van der Waals surface area (Å²) in [7, 11) is -3.67. The third-order valence-electron chi connectivity index (χ3n) is 4.20. The van der Waals surface area contributed by atoms with Crippen LogP contribution in [0.4, 0.5) is 0 Å². The first-order chi connectivity index (χ1) is 11.5. The Morgan fingerprint density at radius 1 is 1.17 bits per heavy atom. The first-order valence-corrected chi connectivity index (χ1v) is 9.42. The minimum absolute atomic E-state index is 0.135. The highest BCUT2D eigenvalue weighted by atomic mass is 32.2. The SMILES string of the molecule is Cc1ccc(S(=O)(=O)n2ccc(C(=O)NC3CCNCC3)c2)cc1. The molecule has 1 aromatic carbocycles. The molecule has 128 valence electrons. The van der Waals surface area contributed by atoms with Gasteiger partial charge in [0.1, 0.15) is 0 Å². The van der Waals surface area contributed by atoms with Gasteiger partial charge in [0.05, 0.1) is 10.5 Å². The predicted octanol–water partition coefficient (Wildman–Crippen LogP) is 1.52. The lowest BCUT2D eigenvalue weighted by atomic mass is 10.1. The van der Waals surface area contributed by atoms with E-state index < -0.39 is 10.0 Å². The topological polar surface area (TPSA) is 80.2 Å². The summed E-state index contributed by atoms with van der Waals surface area (Å²) in [6.45, 7) is 3.66. The van der Waals surface area contributed by atoms with Crippen LogP contribution in [0.5, 0.6) is 0 Å². The zero-order valence-corrected chi connectivity index (χ0v) is 14.3. The molecule has 0 spiro atoms. The maximum atomic E-state index is 12.6. The Morgan fingerprint density at radius 2 is 1.83 bits per heavy atom. The number of nitrogens with zero attached hydrogens (tertiary/aromatic N) is 1. The van der Waals surface area contributed by atoms with Crippen LogP contribution in [0, 0.1) is 6.92 Å². The lowest BCUT2D eigenvalue weighted by Gasteiger charge is -2.23. The zero-order chi connectivity index (χ0) is 17.2. The molecule has 0 aliphatic carbocycles. The molecular formula is C17H21N3O3S. The minimum Gasteiger partial charge on any atom is -0.349 e. The zero-order valence-electron chi connectivity index (χ0n) is 13.5. The second-order valence-electron chi connectivity index (χ2n) is 6.05. The highest BCUT2D eigenvalue weighted by Gasteiger charge is 2.20. The monoisotopic (exact) mass is 347 g/mol. The third-order valence-corrected chi connectivity index (χ3v) is 5.85.